The largest absolute Gasteiger partial charge is 0.381 e. The van der Waals surface area contributed by atoms with E-state index in [1.54, 1.807) is 12.3 Å². The Labute approximate surface area is 154 Å². The summed E-state index contributed by atoms with van der Waals surface area (Å²) >= 11 is 0. The topological polar surface area (TPSA) is 60.2 Å². The monoisotopic (exact) mass is 354 g/mol. The number of nitrogens with zero attached hydrogens (tertiary/aromatic N) is 4. The van der Waals surface area contributed by atoms with Crippen molar-refractivity contribution in [1.82, 2.24) is 19.4 Å². The van der Waals surface area contributed by atoms with E-state index in [4.69, 9.17) is 9.72 Å². The second kappa shape index (κ2) is 7.58. The Morgan fingerprint density at radius 3 is 2.58 bits per heavy atom. The molecule has 2 aliphatic rings. The van der Waals surface area contributed by atoms with Crippen LogP contribution in [0.1, 0.15) is 59.6 Å². The van der Waals surface area contributed by atoms with E-state index in [1.807, 2.05) is 23.2 Å². The molecule has 138 valence electrons. The highest BCUT2D eigenvalue weighted by Gasteiger charge is 2.29. The van der Waals surface area contributed by atoms with Gasteiger partial charge in [-0.1, -0.05) is 6.07 Å². The number of aromatic nitrogens is 3. The Morgan fingerprint density at radius 2 is 1.88 bits per heavy atom. The molecule has 2 fully saturated rings. The Hall–Kier alpha value is -2.21. The van der Waals surface area contributed by atoms with Crippen LogP contribution in [0.25, 0.3) is 0 Å². The molecule has 0 spiro atoms. The lowest BCUT2D eigenvalue weighted by Gasteiger charge is -2.35. The molecular weight excluding hydrogens is 328 g/mol. The van der Waals surface area contributed by atoms with Crippen LogP contribution in [-0.2, 0) is 4.74 Å². The summed E-state index contributed by atoms with van der Waals surface area (Å²) in [6.07, 6.45) is 7.70. The van der Waals surface area contributed by atoms with Gasteiger partial charge < -0.3 is 14.2 Å². The average Bonchev–Trinajstić information content (AvgIpc) is 3.10. The fourth-order valence-electron chi connectivity index (χ4n) is 4.18. The number of amides is 1. The zero-order valence-electron chi connectivity index (χ0n) is 15.3. The third kappa shape index (κ3) is 3.38. The summed E-state index contributed by atoms with van der Waals surface area (Å²) in [4.78, 5) is 23.5. The summed E-state index contributed by atoms with van der Waals surface area (Å²) in [7, 11) is 0. The fraction of sp³-hybridized carbons (Fsp3) is 0.550. The van der Waals surface area contributed by atoms with Crippen LogP contribution in [0, 0.1) is 6.92 Å². The molecule has 2 aromatic rings. The molecule has 0 bridgehead atoms. The first kappa shape index (κ1) is 17.2. The SMILES string of the molecule is Cc1cnc(C2CCOCC2)n1C1CCN(C(=O)c2ccccn2)CC1. The molecule has 6 nitrogen and oxygen atoms in total. The molecule has 26 heavy (non-hydrogen) atoms. The first-order valence-corrected chi connectivity index (χ1v) is 9.56. The van der Waals surface area contributed by atoms with Gasteiger partial charge in [0.2, 0.25) is 0 Å². The summed E-state index contributed by atoms with van der Waals surface area (Å²) < 4.78 is 7.94. The molecule has 0 radical (unpaired) electrons. The van der Waals surface area contributed by atoms with Crippen molar-refractivity contribution in [3.63, 3.8) is 0 Å². The van der Waals surface area contributed by atoms with Crippen molar-refractivity contribution in [2.45, 2.75) is 44.6 Å². The molecule has 0 aliphatic carbocycles. The lowest BCUT2D eigenvalue weighted by atomic mass is 9.97. The van der Waals surface area contributed by atoms with Crippen LogP contribution < -0.4 is 0 Å². The maximum atomic E-state index is 12.6. The summed E-state index contributed by atoms with van der Waals surface area (Å²) in [5.74, 6) is 1.74. The summed E-state index contributed by atoms with van der Waals surface area (Å²) in [5, 5.41) is 0. The third-order valence-electron chi connectivity index (χ3n) is 5.60. The van der Waals surface area contributed by atoms with Crippen LogP contribution in [0.2, 0.25) is 0 Å². The zero-order valence-corrected chi connectivity index (χ0v) is 15.3. The number of aryl methyl sites for hydroxylation is 1. The van der Waals surface area contributed by atoms with Crippen molar-refractivity contribution in [2.24, 2.45) is 0 Å². The highest BCUT2D eigenvalue weighted by atomic mass is 16.5. The molecule has 4 rings (SSSR count). The normalized spacial score (nSPS) is 19.7. The molecule has 0 N–H and O–H groups in total. The van der Waals surface area contributed by atoms with Crippen LogP contribution >= 0.6 is 0 Å². The van der Waals surface area contributed by atoms with Gasteiger partial charge in [0.25, 0.3) is 5.91 Å². The smallest absolute Gasteiger partial charge is 0.272 e. The Balaban J connectivity index is 1.45. The van der Waals surface area contributed by atoms with Crippen molar-refractivity contribution in [2.75, 3.05) is 26.3 Å². The van der Waals surface area contributed by atoms with Crippen LogP contribution in [0.15, 0.2) is 30.6 Å². The summed E-state index contributed by atoms with van der Waals surface area (Å²) in [5.41, 5.74) is 1.76. The van der Waals surface area contributed by atoms with E-state index in [1.165, 1.54) is 11.5 Å². The molecule has 0 unspecified atom stereocenters. The Kier molecular flexibility index (Phi) is 5.02. The average molecular weight is 354 g/mol. The number of hydrogen-bond donors (Lipinski definition) is 0. The lowest BCUT2D eigenvalue weighted by molar-refractivity contribution is 0.0677. The van der Waals surface area contributed by atoms with Crippen molar-refractivity contribution >= 4 is 5.91 Å². The fourth-order valence-corrected chi connectivity index (χ4v) is 4.18. The molecule has 6 heteroatoms. The third-order valence-corrected chi connectivity index (χ3v) is 5.60. The molecule has 2 saturated heterocycles. The van der Waals surface area contributed by atoms with Gasteiger partial charge in [-0.05, 0) is 44.7 Å². The van der Waals surface area contributed by atoms with E-state index in [2.05, 4.69) is 16.5 Å². The van der Waals surface area contributed by atoms with Gasteiger partial charge in [0.1, 0.15) is 11.5 Å². The van der Waals surface area contributed by atoms with Crippen molar-refractivity contribution < 1.29 is 9.53 Å². The van der Waals surface area contributed by atoms with Crippen molar-refractivity contribution in [3.05, 3.63) is 47.8 Å². The number of piperidine rings is 1. The highest BCUT2D eigenvalue weighted by molar-refractivity contribution is 5.92. The van der Waals surface area contributed by atoms with Crippen molar-refractivity contribution in [3.8, 4) is 0 Å². The van der Waals surface area contributed by atoms with E-state index in [0.29, 0.717) is 17.7 Å². The van der Waals surface area contributed by atoms with Gasteiger partial charge in [-0.3, -0.25) is 9.78 Å². The van der Waals surface area contributed by atoms with Gasteiger partial charge in [0.05, 0.1) is 0 Å². The van der Waals surface area contributed by atoms with Gasteiger partial charge in [-0.2, -0.15) is 0 Å². The number of pyridine rings is 1. The summed E-state index contributed by atoms with van der Waals surface area (Å²) in [6.45, 7) is 5.33. The zero-order chi connectivity index (χ0) is 17.9. The highest BCUT2D eigenvalue weighted by Crippen LogP contribution is 2.32. The molecule has 2 aromatic heterocycles. The quantitative estimate of drug-likeness (QED) is 0.850. The Bertz CT molecular complexity index is 744. The first-order valence-electron chi connectivity index (χ1n) is 9.56. The van der Waals surface area contributed by atoms with E-state index in [9.17, 15) is 4.79 Å². The van der Waals surface area contributed by atoms with E-state index in [0.717, 1.165) is 52.0 Å². The minimum absolute atomic E-state index is 0.0380. The van der Waals surface area contributed by atoms with E-state index >= 15 is 0 Å². The van der Waals surface area contributed by atoms with Crippen molar-refractivity contribution in [1.29, 1.82) is 0 Å². The molecule has 2 aliphatic heterocycles. The minimum Gasteiger partial charge on any atom is -0.381 e. The molecule has 1 amide bonds. The second-order valence-corrected chi connectivity index (χ2v) is 7.25. The predicted molar refractivity (Wildman–Crippen MR) is 98.2 cm³/mol. The number of ether oxygens (including phenoxy) is 1. The maximum absolute atomic E-state index is 12.6. The molecular formula is C20H26N4O2. The maximum Gasteiger partial charge on any atom is 0.272 e. The van der Waals surface area contributed by atoms with E-state index < -0.39 is 0 Å². The van der Waals surface area contributed by atoms with Crippen LogP contribution in [0.3, 0.4) is 0 Å². The van der Waals surface area contributed by atoms with Gasteiger partial charge in [0, 0.05) is 56.4 Å². The van der Waals surface area contributed by atoms with E-state index in [-0.39, 0.29) is 5.91 Å². The van der Waals surface area contributed by atoms with Gasteiger partial charge in [0.15, 0.2) is 0 Å². The van der Waals surface area contributed by atoms with Gasteiger partial charge in [-0.25, -0.2) is 4.98 Å². The Morgan fingerprint density at radius 1 is 1.12 bits per heavy atom. The number of hydrogen-bond acceptors (Lipinski definition) is 4. The second-order valence-electron chi connectivity index (χ2n) is 7.25. The minimum atomic E-state index is 0.0380. The number of imidazole rings is 1. The van der Waals surface area contributed by atoms with Gasteiger partial charge in [-0.15, -0.1) is 0 Å². The first-order chi connectivity index (χ1) is 12.7. The molecule has 4 heterocycles. The van der Waals surface area contributed by atoms with Crippen LogP contribution in [-0.4, -0.2) is 51.6 Å². The summed E-state index contributed by atoms with van der Waals surface area (Å²) in [6, 6.07) is 5.91. The van der Waals surface area contributed by atoms with Crippen LogP contribution in [0.4, 0.5) is 0 Å². The number of carbonyl (C=O) groups excluding carboxylic acids is 1. The van der Waals surface area contributed by atoms with Crippen LogP contribution in [0.5, 0.6) is 0 Å². The van der Waals surface area contributed by atoms with Gasteiger partial charge >= 0.3 is 0 Å². The predicted octanol–water partition coefficient (Wildman–Crippen LogP) is 2.96. The number of rotatable bonds is 3. The molecule has 0 aromatic carbocycles. The number of likely N-dealkylation sites (tertiary alicyclic amines) is 1. The standard InChI is InChI=1S/C20H26N4O2/c1-15-14-22-19(16-7-12-26-13-8-16)24(15)17-5-10-23(11-6-17)20(25)18-4-2-3-9-21-18/h2-4,9,14,16-17H,5-8,10-13H2,1H3. The molecule has 0 atom stereocenters. The lowest BCUT2D eigenvalue weighted by Crippen LogP contribution is -2.40. The number of carbonyl (C=O) groups is 1. The molecule has 0 saturated carbocycles.